The topological polar surface area (TPSA) is 75.4 Å². The van der Waals surface area contributed by atoms with Gasteiger partial charge in [-0.15, -0.1) is 11.8 Å². The van der Waals surface area contributed by atoms with Crippen LogP contribution in [0.2, 0.25) is 0 Å². The van der Waals surface area contributed by atoms with E-state index in [0.717, 1.165) is 25.9 Å². The lowest BCUT2D eigenvalue weighted by molar-refractivity contribution is -0.128. The van der Waals surface area contributed by atoms with E-state index in [1.54, 1.807) is 19.9 Å². The first-order valence-electron chi connectivity index (χ1n) is 8.09. The zero-order valence-corrected chi connectivity index (χ0v) is 14.8. The highest BCUT2D eigenvalue weighted by molar-refractivity contribution is 8.01. The summed E-state index contributed by atoms with van der Waals surface area (Å²) in [5, 5.41) is 6.11. The van der Waals surface area contributed by atoms with Gasteiger partial charge in [-0.1, -0.05) is 12.1 Å². The van der Waals surface area contributed by atoms with Crippen molar-refractivity contribution in [3.8, 4) is 0 Å². The number of rotatable bonds is 5. The number of anilines is 1. The standard InChI is InChI=1S/C16H25N3O3S/c1-11-5-4-7-19(8-6-11)15(20)10-23-13(3)16(21)17-14-9-12(2)22-18-14/h9,11,13H,4-8,10H2,1-3H3,(H,17,18,21). The molecule has 2 heterocycles. The van der Waals surface area contributed by atoms with Crippen LogP contribution in [-0.2, 0) is 9.59 Å². The number of likely N-dealkylation sites (tertiary alicyclic amines) is 1. The van der Waals surface area contributed by atoms with Gasteiger partial charge in [0.1, 0.15) is 5.76 Å². The molecule has 0 aliphatic carbocycles. The highest BCUT2D eigenvalue weighted by Gasteiger charge is 2.21. The molecule has 1 aromatic heterocycles. The molecule has 1 aromatic rings. The Kier molecular flexibility index (Phi) is 6.50. The molecule has 0 bridgehead atoms. The van der Waals surface area contributed by atoms with Crippen molar-refractivity contribution in [1.82, 2.24) is 10.1 Å². The van der Waals surface area contributed by atoms with Gasteiger partial charge in [-0.05, 0) is 39.0 Å². The fraction of sp³-hybridized carbons (Fsp3) is 0.688. The van der Waals surface area contributed by atoms with Crippen molar-refractivity contribution in [3.05, 3.63) is 11.8 Å². The second-order valence-corrected chi connectivity index (χ2v) is 7.51. The number of nitrogens with zero attached hydrogens (tertiary/aromatic N) is 2. The van der Waals surface area contributed by atoms with E-state index in [0.29, 0.717) is 23.2 Å². The summed E-state index contributed by atoms with van der Waals surface area (Å²) in [4.78, 5) is 26.3. The predicted octanol–water partition coefficient (Wildman–Crippen LogP) is 2.69. The molecule has 1 saturated heterocycles. The third-order valence-corrected chi connectivity index (χ3v) is 5.20. The molecule has 0 spiro atoms. The average molecular weight is 339 g/mol. The molecule has 0 radical (unpaired) electrons. The van der Waals surface area contributed by atoms with Crippen LogP contribution in [0.4, 0.5) is 5.82 Å². The van der Waals surface area contributed by atoms with Crippen molar-refractivity contribution in [3.63, 3.8) is 0 Å². The molecule has 0 saturated carbocycles. The molecule has 7 heteroatoms. The van der Waals surface area contributed by atoms with Crippen molar-refractivity contribution in [2.45, 2.75) is 45.3 Å². The molecule has 1 N–H and O–H groups in total. The molecule has 2 amide bonds. The number of thioether (sulfide) groups is 1. The van der Waals surface area contributed by atoms with E-state index in [9.17, 15) is 9.59 Å². The van der Waals surface area contributed by atoms with Crippen molar-refractivity contribution < 1.29 is 14.1 Å². The minimum absolute atomic E-state index is 0.126. The Balaban J connectivity index is 1.75. The van der Waals surface area contributed by atoms with Crippen LogP contribution in [0, 0.1) is 12.8 Å². The third-order valence-electron chi connectivity index (χ3n) is 4.07. The number of hydrogen-bond donors (Lipinski definition) is 1. The lowest BCUT2D eigenvalue weighted by Crippen LogP contribution is -2.34. The maximum Gasteiger partial charge on any atom is 0.238 e. The first-order valence-corrected chi connectivity index (χ1v) is 9.14. The number of nitrogens with one attached hydrogen (secondary N) is 1. The molecule has 0 aromatic carbocycles. The molecule has 1 aliphatic rings. The Morgan fingerprint density at radius 3 is 2.96 bits per heavy atom. The van der Waals surface area contributed by atoms with Crippen molar-refractivity contribution >= 4 is 29.4 Å². The van der Waals surface area contributed by atoms with Gasteiger partial charge >= 0.3 is 0 Å². The molecule has 23 heavy (non-hydrogen) atoms. The first-order chi connectivity index (χ1) is 11.0. The largest absolute Gasteiger partial charge is 0.360 e. The fourth-order valence-corrected chi connectivity index (χ4v) is 3.31. The molecule has 2 unspecified atom stereocenters. The highest BCUT2D eigenvalue weighted by atomic mass is 32.2. The van der Waals surface area contributed by atoms with Gasteiger partial charge in [0, 0.05) is 19.2 Å². The Labute approximate surface area is 141 Å². The summed E-state index contributed by atoms with van der Waals surface area (Å²) in [6.45, 7) is 7.47. The molecule has 2 rings (SSSR count). The molecule has 1 fully saturated rings. The van der Waals surface area contributed by atoms with Gasteiger partial charge in [0.15, 0.2) is 5.82 Å². The second kappa shape index (κ2) is 8.38. The van der Waals surface area contributed by atoms with E-state index in [2.05, 4.69) is 17.4 Å². The predicted molar refractivity (Wildman–Crippen MR) is 91.4 cm³/mol. The SMILES string of the molecule is Cc1cc(NC(=O)C(C)SCC(=O)N2CCCC(C)CC2)no1. The van der Waals surface area contributed by atoms with Gasteiger partial charge in [0.2, 0.25) is 11.8 Å². The quantitative estimate of drug-likeness (QED) is 0.892. The minimum Gasteiger partial charge on any atom is -0.360 e. The molecule has 6 nitrogen and oxygen atoms in total. The molecule has 2 atom stereocenters. The van der Waals surface area contributed by atoms with Crippen LogP contribution in [0.25, 0.3) is 0 Å². The van der Waals surface area contributed by atoms with Crippen LogP contribution >= 0.6 is 11.8 Å². The van der Waals surface area contributed by atoms with Crippen LogP contribution < -0.4 is 5.32 Å². The van der Waals surface area contributed by atoms with Crippen molar-refractivity contribution in [2.75, 3.05) is 24.2 Å². The van der Waals surface area contributed by atoms with E-state index in [1.165, 1.54) is 18.2 Å². The lowest BCUT2D eigenvalue weighted by atomic mass is 10.0. The summed E-state index contributed by atoms with van der Waals surface area (Å²) in [7, 11) is 0. The Morgan fingerprint density at radius 1 is 1.48 bits per heavy atom. The lowest BCUT2D eigenvalue weighted by Gasteiger charge is -2.21. The summed E-state index contributed by atoms with van der Waals surface area (Å²) < 4.78 is 4.91. The Bertz CT molecular complexity index is 546. The average Bonchev–Trinajstić information content (AvgIpc) is 2.79. The van der Waals surface area contributed by atoms with E-state index >= 15 is 0 Å². The van der Waals surface area contributed by atoms with E-state index in [4.69, 9.17) is 4.52 Å². The molecular formula is C16H25N3O3S. The summed E-state index contributed by atoms with van der Waals surface area (Å²) in [5.41, 5.74) is 0. The van der Waals surface area contributed by atoms with Gasteiger partial charge < -0.3 is 14.7 Å². The van der Waals surface area contributed by atoms with Crippen LogP contribution in [-0.4, -0.2) is 46.0 Å². The molecular weight excluding hydrogens is 314 g/mol. The number of carbonyl (C=O) groups is 2. The summed E-state index contributed by atoms with van der Waals surface area (Å²) in [6.07, 6.45) is 3.32. The summed E-state index contributed by atoms with van der Waals surface area (Å²) in [6, 6.07) is 1.67. The fourth-order valence-electron chi connectivity index (χ4n) is 2.53. The third kappa shape index (κ3) is 5.57. The maximum absolute atomic E-state index is 12.3. The van der Waals surface area contributed by atoms with Crippen molar-refractivity contribution in [2.24, 2.45) is 5.92 Å². The smallest absolute Gasteiger partial charge is 0.238 e. The Morgan fingerprint density at radius 2 is 2.26 bits per heavy atom. The van der Waals surface area contributed by atoms with Crippen LogP contribution in [0.15, 0.2) is 10.6 Å². The highest BCUT2D eigenvalue weighted by Crippen LogP contribution is 2.19. The second-order valence-electron chi connectivity index (χ2n) is 6.18. The van der Waals surface area contributed by atoms with Crippen molar-refractivity contribution in [1.29, 1.82) is 0 Å². The summed E-state index contributed by atoms with van der Waals surface area (Å²) >= 11 is 1.36. The zero-order chi connectivity index (χ0) is 16.8. The number of amides is 2. The van der Waals surface area contributed by atoms with Gasteiger partial charge in [-0.25, -0.2) is 0 Å². The normalized spacial score (nSPS) is 20.0. The van der Waals surface area contributed by atoms with Gasteiger partial charge in [0.05, 0.1) is 11.0 Å². The monoisotopic (exact) mass is 339 g/mol. The van der Waals surface area contributed by atoms with E-state index < -0.39 is 0 Å². The minimum atomic E-state index is -0.318. The van der Waals surface area contributed by atoms with E-state index in [1.807, 2.05) is 4.90 Å². The van der Waals surface area contributed by atoms with Gasteiger partial charge in [-0.3, -0.25) is 9.59 Å². The number of aromatic nitrogens is 1. The van der Waals surface area contributed by atoms with Crippen LogP contribution in [0.5, 0.6) is 0 Å². The van der Waals surface area contributed by atoms with Crippen LogP contribution in [0.3, 0.4) is 0 Å². The van der Waals surface area contributed by atoms with Gasteiger partial charge in [0.25, 0.3) is 0 Å². The maximum atomic E-state index is 12.3. The Hall–Kier alpha value is -1.50. The zero-order valence-electron chi connectivity index (χ0n) is 14.0. The van der Waals surface area contributed by atoms with E-state index in [-0.39, 0.29) is 17.1 Å². The number of aryl methyl sites for hydroxylation is 1. The molecule has 128 valence electrons. The van der Waals surface area contributed by atoms with Gasteiger partial charge in [-0.2, -0.15) is 0 Å². The number of carbonyl (C=O) groups excluding carboxylic acids is 2. The first kappa shape index (κ1) is 17.8. The molecule has 1 aliphatic heterocycles. The summed E-state index contributed by atoms with van der Waals surface area (Å²) in [5.74, 6) is 2.04. The van der Waals surface area contributed by atoms with Crippen LogP contribution in [0.1, 0.15) is 38.9 Å². The number of hydrogen-bond acceptors (Lipinski definition) is 5.